The topological polar surface area (TPSA) is 142 Å². The van der Waals surface area contributed by atoms with Gasteiger partial charge < -0.3 is 25.0 Å². The second kappa shape index (κ2) is 9.45. The molecule has 0 atom stereocenters. The number of alkyl halides is 3. The first-order valence-corrected chi connectivity index (χ1v) is 11.2. The zero-order chi connectivity index (χ0) is 26.2. The second-order valence-corrected chi connectivity index (χ2v) is 8.70. The number of nitrogens with zero attached hydrogens (tertiary/aromatic N) is 3. The fourth-order valence-corrected chi connectivity index (χ4v) is 4.39. The van der Waals surface area contributed by atoms with E-state index in [2.05, 4.69) is 4.98 Å². The van der Waals surface area contributed by atoms with E-state index in [0.29, 0.717) is 5.56 Å². The predicted octanol–water partition coefficient (Wildman–Crippen LogP) is 2.05. The van der Waals surface area contributed by atoms with Gasteiger partial charge in [-0.15, -0.1) is 11.3 Å². The lowest BCUT2D eigenvalue weighted by molar-refractivity contribution is -0.138. The van der Waals surface area contributed by atoms with E-state index >= 15 is 0 Å². The Bertz CT molecular complexity index is 1400. The molecule has 2 aromatic heterocycles. The average molecular weight is 522 g/mol. The van der Waals surface area contributed by atoms with Crippen molar-refractivity contribution in [2.45, 2.75) is 25.8 Å². The molecule has 0 saturated carbocycles. The summed E-state index contributed by atoms with van der Waals surface area (Å²) in [5.74, 6) is -3.70. The number of halogens is 3. The third-order valence-corrected chi connectivity index (χ3v) is 6.26. The number of benzene rings is 1. The molecule has 4 rings (SSSR count). The van der Waals surface area contributed by atoms with Gasteiger partial charge in [-0.2, -0.15) is 13.2 Å². The molecular formula is C22H17F3N4O6S. The number of aromatic hydroxyl groups is 1. The fourth-order valence-electron chi connectivity index (χ4n) is 3.79. The summed E-state index contributed by atoms with van der Waals surface area (Å²) in [6, 6.07) is 4.04. The van der Waals surface area contributed by atoms with Gasteiger partial charge in [0.2, 0.25) is 0 Å². The quantitative estimate of drug-likeness (QED) is 0.450. The van der Waals surface area contributed by atoms with Crippen LogP contribution in [0.5, 0.6) is 5.75 Å². The summed E-state index contributed by atoms with van der Waals surface area (Å²) >= 11 is 1.09. The molecule has 188 valence electrons. The molecular weight excluding hydrogens is 505 g/mol. The molecule has 0 unspecified atom stereocenters. The van der Waals surface area contributed by atoms with Gasteiger partial charge in [0.1, 0.15) is 17.9 Å². The van der Waals surface area contributed by atoms with Gasteiger partial charge in [-0.25, -0.2) is 4.98 Å². The number of fused-ring (bicyclic) bond motifs is 1. The van der Waals surface area contributed by atoms with Crippen molar-refractivity contribution >= 4 is 29.1 Å². The van der Waals surface area contributed by atoms with Gasteiger partial charge in [0.15, 0.2) is 5.01 Å². The van der Waals surface area contributed by atoms with Crippen LogP contribution >= 0.6 is 11.3 Å². The Morgan fingerprint density at radius 3 is 2.42 bits per heavy atom. The summed E-state index contributed by atoms with van der Waals surface area (Å²) in [7, 11) is 0. The van der Waals surface area contributed by atoms with Gasteiger partial charge in [-0.05, 0) is 17.7 Å². The maximum Gasteiger partial charge on any atom is 0.416 e. The molecule has 3 aromatic rings. The summed E-state index contributed by atoms with van der Waals surface area (Å²) < 4.78 is 39.9. The van der Waals surface area contributed by atoms with E-state index in [4.69, 9.17) is 5.11 Å². The predicted molar refractivity (Wildman–Crippen MR) is 119 cm³/mol. The van der Waals surface area contributed by atoms with Gasteiger partial charge in [0, 0.05) is 22.8 Å². The molecule has 2 amide bonds. The van der Waals surface area contributed by atoms with Crippen LogP contribution in [0.15, 0.2) is 40.6 Å². The maximum atomic E-state index is 13.3. The van der Waals surface area contributed by atoms with Gasteiger partial charge in [-0.3, -0.25) is 19.2 Å². The second-order valence-electron chi connectivity index (χ2n) is 7.81. The molecule has 1 aliphatic heterocycles. The molecule has 0 bridgehead atoms. The van der Waals surface area contributed by atoms with Crippen LogP contribution in [-0.2, 0) is 30.6 Å². The highest BCUT2D eigenvalue weighted by Gasteiger charge is 2.35. The van der Waals surface area contributed by atoms with Gasteiger partial charge in [0.25, 0.3) is 17.4 Å². The van der Waals surface area contributed by atoms with Crippen molar-refractivity contribution in [1.82, 2.24) is 19.8 Å². The van der Waals surface area contributed by atoms with Crippen molar-refractivity contribution in [3.05, 3.63) is 79.2 Å². The zero-order valence-electron chi connectivity index (χ0n) is 18.2. The Balaban J connectivity index is 1.77. The summed E-state index contributed by atoms with van der Waals surface area (Å²) in [5.41, 5.74) is -2.03. The maximum absolute atomic E-state index is 13.3. The normalized spacial score (nSPS) is 12.9. The summed E-state index contributed by atoms with van der Waals surface area (Å²) in [5, 5.41) is 23.4. The van der Waals surface area contributed by atoms with E-state index in [0.717, 1.165) is 28.0 Å². The number of rotatable bonds is 6. The van der Waals surface area contributed by atoms with Crippen molar-refractivity contribution in [1.29, 1.82) is 0 Å². The number of hydrogen-bond donors (Lipinski definition) is 3. The number of amides is 2. The molecule has 1 aliphatic rings. The van der Waals surface area contributed by atoms with Crippen molar-refractivity contribution in [3.8, 4) is 5.75 Å². The molecule has 36 heavy (non-hydrogen) atoms. The molecule has 0 fully saturated rings. The summed E-state index contributed by atoms with van der Waals surface area (Å²) in [4.78, 5) is 54.8. The Morgan fingerprint density at radius 1 is 1.14 bits per heavy atom. The molecule has 0 saturated heterocycles. The molecule has 0 aliphatic carbocycles. The number of aliphatic carboxylic acids is 1. The molecule has 0 radical (unpaired) electrons. The van der Waals surface area contributed by atoms with Crippen LogP contribution in [-0.4, -0.2) is 49.0 Å². The Labute approximate surface area is 204 Å². The molecule has 1 aromatic carbocycles. The van der Waals surface area contributed by atoms with Crippen LogP contribution in [0.25, 0.3) is 0 Å². The minimum absolute atomic E-state index is 0.0897. The highest BCUT2D eigenvalue weighted by atomic mass is 32.1. The summed E-state index contributed by atoms with van der Waals surface area (Å²) in [6.07, 6.45) is -3.12. The number of carbonyl (C=O) groups excluding carboxylic acids is 2. The van der Waals surface area contributed by atoms with E-state index in [-0.39, 0.29) is 35.9 Å². The summed E-state index contributed by atoms with van der Waals surface area (Å²) in [6.45, 7) is -1.39. The van der Waals surface area contributed by atoms with Crippen molar-refractivity contribution in [2.24, 2.45) is 0 Å². The average Bonchev–Trinajstić information content (AvgIpc) is 3.50. The minimum atomic E-state index is -4.55. The molecule has 3 N–H and O–H groups in total. The number of carbonyl (C=O) groups is 3. The van der Waals surface area contributed by atoms with Gasteiger partial charge in [0.05, 0.1) is 25.2 Å². The monoisotopic (exact) mass is 522 g/mol. The zero-order valence-corrected chi connectivity index (χ0v) is 19.0. The third-order valence-electron chi connectivity index (χ3n) is 5.50. The molecule has 14 heteroatoms. The lowest BCUT2D eigenvalue weighted by Crippen LogP contribution is -2.37. The van der Waals surface area contributed by atoms with Crippen molar-refractivity contribution in [2.75, 3.05) is 6.54 Å². The first kappa shape index (κ1) is 24.9. The van der Waals surface area contributed by atoms with E-state index in [1.165, 1.54) is 23.2 Å². The van der Waals surface area contributed by atoms with Crippen LogP contribution in [0.4, 0.5) is 13.2 Å². The smallest absolute Gasteiger partial charge is 0.416 e. The Morgan fingerprint density at radius 2 is 1.83 bits per heavy atom. The third kappa shape index (κ3) is 4.79. The number of nitrogens with one attached hydrogen (secondary N) is 1. The highest BCUT2D eigenvalue weighted by Crippen LogP contribution is 2.33. The van der Waals surface area contributed by atoms with Gasteiger partial charge >= 0.3 is 12.1 Å². The fraction of sp³-hybridized carbons (Fsp3) is 0.227. The van der Waals surface area contributed by atoms with E-state index < -0.39 is 52.9 Å². The lowest BCUT2D eigenvalue weighted by Gasteiger charge is -2.16. The van der Waals surface area contributed by atoms with Crippen molar-refractivity contribution in [3.63, 3.8) is 0 Å². The first-order chi connectivity index (χ1) is 17.0. The standard InChI is InChI=1S/C22H17F3N4O6S/c23-22(24,25)12-3-1-11(2-4-12)8-29-14-10-28(21(35)19-26-5-6-36-19)9-13(14)17(32)16(20(29)34)18(33)27-7-15(30)31/h1-6,32H,7-10H2,(H,27,33)(H,30,31). The molecule has 3 heterocycles. The number of thiazole rings is 1. The van der Waals surface area contributed by atoms with E-state index in [1.54, 1.807) is 5.38 Å². The van der Waals surface area contributed by atoms with E-state index in [1.807, 2.05) is 5.32 Å². The van der Waals surface area contributed by atoms with E-state index in [9.17, 15) is 37.5 Å². The minimum Gasteiger partial charge on any atom is -0.506 e. The number of pyridine rings is 1. The lowest BCUT2D eigenvalue weighted by atomic mass is 10.1. The van der Waals surface area contributed by atoms with Crippen LogP contribution in [0.3, 0.4) is 0 Å². The molecule has 0 spiro atoms. The van der Waals surface area contributed by atoms with Crippen LogP contribution < -0.4 is 10.9 Å². The number of hydrogen-bond acceptors (Lipinski definition) is 7. The van der Waals surface area contributed by atoms with Crippen LogP contribution in [0.1, 0.15) is 42.5 Å². The Hall–Kier alpha value is -4.20. The van der Waals surface area contributed by atoms with Gasteiger partial charge in [-0.1, -0.05) is 12.1 Å². The van der Waals surface area contributed by atoms with Crippen molar-refractivity contribution < 1.29 is 37.8 Å². The number of carboxylic acid groups (broad SMARTS) is 1. The number of aromatic nitrogens is 2. The Kier molecular flexibility index (Phi) is 6.54. The number of carboxylic acids is 1. The van der Waals surface area contributed by atoms with Crippen LogP contribution in [0, 0.1) is 0 Å². The molecule has 10 nitrogen and oxygen atoms in total. The SMILES string of the molecule is O=C(O)CNC(=O)c1c(O)c2c(n(Cc3ccc(C(F)(F)F)cc3)c1=O)CN(C(=O)c1nccs1)C2. The first-order valence-electron chi connectivity index (χ1n) is 10.3. The largest absolute Gasteiger partial charge is 0.506 e. The van der Waals surface area contributed by atoms with Crippen LogP contribution in [0.2, 0.25) is 0 Å². The highest BCUT2D eigenvalue weighted by molar-refractivity contribution is 7.11.